The molecular weight excluding hydrogens is 452 g/mol. The number of hydrogen-bond donors (Lipinski definition) is 2. The molecule has 4 aromatic rings. The fraction of sp³-hybridized carbons (Fsp3) is 0.200. The molecule has 2 N–H and O–H groups in total. The second kappa shape index (κ2) is 11.0. The van der Waals surface area contributed by atoms with Gasteiger partial charge in [-0.3, -0.25) is 9.59 Å². The quantitative estimate of drug-likeness (QED) is 0.335. The summed E-state index contributed by atoms with van der Waals surface area (Å²) in [5.41, 5.74) is 0.601. The Bertz CT molecular complexity index is 1340. The number of amides is 2. The van der Waals surface area contributed by atoms with Crippen LogP contribution in [0.25, 0.3) is 22.2 Å². The molecule has 0 aliphatic heterocycles. The largest absolute Gasteiger partial charge is 0.493 e. The lowest BCUT2D eigenvalue weighted by molar-refractivity contribution is -0.123. The lowest BCUT2D eigenvalue weighted by Crippen LogP contribution is -2.36. The van der Waals surface area contributed by atoms with Gasteiger partial charge in [-0.25, -0.2) is 0 Å². The molecule has 1 aromatic heterocycles. The van der Waals surface area contributed by atoms with Crippen molar-refractivity contribution >= 4 is 22.6 Å². The molecule has 0 aliphatic carbocycles. The zero-order chi connectivity index (χ0) is 24.6. The minimum Gasteiger partial charge on any atom is -0.493 e. The predicted octanol–water partition coefficient (Wildman–Crippen LogP) is 2.83. The van der Waals surface area contributed by atoms with Gasteiger partial charge in [-0.1, -0.05) is 35.5 Å². The molecule has 0 unspecified atom stereocenters. The first kappa shape index (κ1) is 23.6. The molecule has 0 radical (unpaired) electrons. The van der Waals surface area contributed by atoms with Crippen molar-refractivity contribution in [1.29, 1.82) is 0 Å². The van der Waals surface area contributed by atoms with Gasteiger partial charge in [-0.2, -0.15) is 4.98 Å². The number of methoxy groups -OCH3 is 2. The van der Waals surface area contributed by atoms with Gasteiger partial charge in [0.1, 0.15) is 5.75 Å². The van der Waals surface area contributed by atoms with Crippen LogP contribution < -0.4 is 24.8 Å². The lowest BCUT2D eigenvalue weighted by Gasteiger charge is -2.08. The molecule has 2 amide bonds. The highest BCUT2D eigenvalue weighted by Gasteiger charge is 2.17. The van der Waals surface area contributed by atoms with Crippen LogP contribution in [0.5, 0.6) is 17.2 Å². The van der Waals surface area contributed by atoms with Crippen LogP contribution in [0.15, 0.2) is 65.2 Å². The highest BCUT2D eigenvalue weighted by molar-refractivity contribution is 5.90. The van der Waals surface area contributed by atoms with Crippen LogP contribution in [0.4, 0.5) is 0 Å². The van der Waals surface area contributed by atoms with E-state index in [0.29, 0.717) is 22.8 Å². The minimum atomic E-state index is -0.550. The van der Waals surface area contributed by atoms with E-state index in [-0.39, 0.29) is 37.3 Å². The van der Waals surface area contributed by atoms with Crippen LogP contribution in [-0.2, 0) is 4.79 Å². The number of carbonyl (C=O) groups is 2. The fourth-order valence-corrected chi connectivity index (χ4v) is 3.32. The summed E-state index contributed by atoms with van der Waals surface area (Å²) in [6.45, 7) is 0.252. The Hall–Kier alpha value is -4.60. The smallest absolute Gasteiger partial charge is 0.316 e. The van der Waals surface area contributed by atoms with E-state index in [1.54, 1.807) is 18.2 Å². The van der Waals surface area contributed by atoms with Crippen LogP contribution in [-0.4, -0.2) is 55.9 Å². The number of ether oxygens (including phenoxy) is 3. The lowest BCUT2D eigenvalue weighted by atomic mass is 10.1. The molecule has 0 saturated carbocycles. The number of hydrogen-bond acceptors (Lipinski definition) is 8. The molecule has 0 saturated heterocycles. The predicted molar refractivity (Wildman–Crippen MR) is 128 cm³/mol. The summed E-state index contributed by atoms with van der Waals surface area (Å²) >= 11 is 0. The SMILES string of the molecule is COc1ccc(-c2noc(C(=O)NCCNC(=O)COc3ccc4ccccc4c3)n2)cc1OC. The monoisotopic (exact) mass is 476 g/mol. The van der Waals surface area contributed by atoms with Crippen molar-refractivity contribution in [1.82, 2.24) is 20.8 Å². The van der Waals surface area contributed by atoms with E-state index < -0.39 is 5.91 Å². The maximum atomic E-state index is 12.3. The maximum absolute atomic E-state index is 12.3. The highest BCUT2D eigenvalue weighted by atomic mass is 16.5. The van der Waals surface area contributed by atoms with Crippen molar-refractivity contribution in [2.75, 3.05) is 33.9 Å². The normalized spacial score (nSPS) is 10.6. The maximum Gasteiger partial charge on any atom is 0.316 e. The number of nitrogens with zero attached hydrogens (tertiary/aromatic N) is 2. The Labute approximate surface area is 201 Å². The number of aromatic nitrogens is 2. The molecule has 1 heterocycles. The van der Waals surface area contributed by atoms with Crippen molar-refractivity contribution in [2.24, 2.45) is 0 Å². The van der Waals surface area contributed by atoms with Crippen molar-refractivity contribution in [3.05, 3.63) is 66.6 Å². The van der Waals surface area contributed by atoms with E-state index in [1.807, 2.05) is 42.5 Å². The Morgan fingerprint density at radius 2 is 1.66 bits per heavy atom. The van der Waals surface area contributed by atoms with Gasteiger partial charge in [-0.05, 0) is 41.1 Å². The van der Waals surface area contributed by atoms with Gasteiger partial charge in [0.15, 0.2) is 18.1 Å². The molecule has 0 fully saturated rings. The summed E-state index contributed by atoms with van der Waals surface area (Å²) < 4.78 is 21.1. The van der Waals surface area contributed by atoms with Crippen LogP contribution >= 0.6 is 0 Å². The van der Waals surface area contributed by atoms with E-state index in [1.165, 1.54) is 14.2 Å². The van der Waals surface area contributed by atoms with Crippen LogP contribution in [0.2, 0.25) is 0 Å². The third kappa shape index (κ3) is 5.85. The van der Waals surface area contributed by atoms with Crippen LogP contribution in [0, 0.1) is 0 Å². The summed E-state index contributed by atoms with van der Waals surface area (Å²) in [4.78, 5) is 28.4. The fourth-order valence-electron chi connectivity index (χ4n) is 3.32. The molecule has 10 heteroatoms. The second-order valence-electron chi connectivity index (χ2n) is 7.40. The van der Waals surface area contributed by atoms with Gasteiger partial charge in [0.25, 0.3) is 5.91 Å². The molecule has 10 nitrogen and oxygen atoms in total. The van der Waals surface area contributed by atoms with Crippen molar-refractivity contribution < 1.29 is 28.3 Å². The van der Waals surface area contributed by atoms with Crippen molar-refractivity contribution in [3.63, 3.8) is 0 Å². The van der Waals surface area contributed by atoms with E-state index in [0.717, 1.165) is 10.8 Å². The molecule has 0 bridgehead atoms. The summed E-state index contributed by atoms with van der Waals surface area (Å²) in [6, 6.07) is 18.6. The first-order valence-electron chi connectivity index (χ1n) is 10.8. The molecule has 0 aliphatic rings. The molecule has 3 aromatic carbocycles. The molecule has 0 atom stereocenters. The Kier molecular flexibility index (Phi) is 7.41. The highest BCUT2D eigenvalue weighted by Crippen LogP contribution is 2.31. The molecular formula is C25H24N4O6. The van der Waals surface area contributed by atoms with Gasteiger partial charge >= 0.3 is 11.8 Å². The molecule has 0 spiro atoms. The number of rotatable bonds is 10. The first-order valence-corrected chi connectivity index (χ1v) is 10.8. The molecule has 4 rings (SSSR count). The number of carbonyl (C=O) groups excluding carboxylic acids is 2. The van der Waals surface area contributed by atoms with Gasteiger partial charge in [0.05, 0.1) is 14.2 Å². The van der Waals surface area contributed by atoms with Crippen LogP contribution in [0.3, 0.4) is 0 Å². The molecule has 180 valence electrons. The summed E-state index contributed by atoms with van der Waals surface area (Å²) in [5, 5.41) is 11.3. The number of nitrogens with one attached hydrogen (secondary N) is 2. The average Bonchev–Trinajstić information content (AvgIpc) is 3.40. The van der Waals surface area contributed by atoms with Crippen molar-refractivity contribution in [3.8, 4) is 28.6 Å². The average molecular weight is 476 g/mol. The number of fused-ring (bicyclic) bond motifs is 1. The third-order valence-electron chi connectivity index (χ3n) is 5.09. The zero-order valence-corrected chi connectivity index (χ0v) is 19.2. The summed E-state index contributed by atoms with van der Waals surface area (Å²) in [6.07, 6.45) is 0. The van der Waals surface area contributed by atoms with Gasteiger partial charge in [-0.15, -0.1) is 0 Å². The van der Waals surface area contributed by atoms with Gasteiger partial charge < -0.3 is 29.4 Å². The first-order chi connectivity index (χ1) is 17.1. The van der Waals surface area contributed by atoms with E-state index in [4.69, 9.17) is 18.7 Å². The topological polar surface area (TPSA) is 125 Å². The zero-order valence-electron chi connectivity index (χ0n) is 19.2. The second-order valence-corrected chi connectivity index (χ2v) is 7.40. The van der Waals surface area contributed by atoms with Crippen LogP contribution in [0.1, 0.15) is 10.7 Å². The van der Waals surface area contributed by atoms with Crippen molar-refractivity contribution in [2.45, 2.75) is 0 Å². The third-order valence-corrected chi connectivity index (χ3v) is 5.09. The Balaban J connectivity index is 1.21. The number of benzene rings is 3. The summed E-state index contributed by atoms with van der Waals surface area (Å²) in [7, 11) is 3.06. The Morgan fingerprint density at radius 1 is 0.886 bits per heavy atom. The van der Waals surface area contributed by atoms with E-state index in [9.17, 15) is 9.59 Å². The van der Waals surface area contributed by atoms with Gasteiger partial charge in [0.2, 0.25) is 5.82 Å². The molecule has 35 heavy (non-hydrogen) atoms. The van der Waals surface area contributed by atoms with E-state index >= 15 is 0 Å². The Morgan fingerprint density at radius 3 is 2.46 bits per heavy atom. The summed E-state index contributed by atoms with van der Waals surface area (Å²) in [5.74, 6) is 0.847. The van der Waals surface area contributed by atoms with E-state index in [2.05, 4.69) is 20.8 Å². The minimum absolute atomic E-state index is 0.134. The standard InChI is InChI=1S/C25H24N4O6/c1-32-20-10-8-18(14-21(20)33-2)23-28-25(35-29-23)24(31)27-12-11-26-22(30)15-34-19-9-7-16-5-3-4-6-17(16)13-19/h3-10,13-14H,11-12,15H2,1-2H3,(H,26,30)(H,27,31). The van der Waals surface area contributed by atoms with Gasteiger partial charge in [0, 0.05) is 18.7 Å².